The van der Waals surface area contributed by atoms with Gasteiger partial charge in [-0.15, -0.1) is 15.3 Å². The van der Waals surface area contributed by atoms with Gasteiger partial charge in [0.05, 0.1) is 19.1 Å². The minimum absolute atomic E-state index is 0.0208. The predicted octanol–water partition coefficient (Wildman–Crippen LogP) is 1.52. The first-order valence-electron chi connectivity index (χ1n) is 8.42. The lowest BCUT2D eigenvalue weighted by Gasteiger charge is -2.32. The fourth-order valence-electron chi connectivity index (χ4n) is 2.67. The summed E-state index contributed by atoms with van der Waals surface area (Å²) in [5.74, 6) is -0.698. The molecule has 0 unspecified atom stereocenters. The van der Waals surface area contributed by atoms with Crippen molar-refractivity contribution in [2.75, 3.05) is 37.1 Å². The van der Waals surface area contributed by atoms with Gasteiger partial charge in [-0.05, 0) is 30.9 Å². The highest BCUT2D eigenvalue weighted by Gasteiger charge is 2.37. The van der Waals surface area contributed by atoms with E-state index in [1.807, 2.05) is 4.90 Å². The third-order valence-corrected chi connectivity index (χ3v) is 4.52. The Bertz CT molecular complexity index is 1080. The Morgan fingerprint density at radius 1 is 1.13 bits per heavy atom. The van der Waals surface area contributed by atoms with Gasteiger partial charge >= 0.3 is 6.18 Å². The third-order valence-electron chi connectivity index (χ3n) is 3.96. The molecular weight excluding hydrogens is 475 g/mol. The van der Waals surface area contributed by atoms with E-state index in [2.05, 4.69) is 26.0 Å². The molecular formula is C14H19ClF3N5O5S2. The number of rotatable bonds is 4. The maximum absolute atomic E-state index is 12.9. The van der Waals surface area contributed by atoms with Crippen LogP contribution < -0.4 is 4.90 Å². The van der Waals surface area contributed by atoms with Gasteiger partial charge < -0.3 is 4.90 Å². The van der Waals surface area contributed by atoms with Gasteiger partial charge in [0.2, 0.25) is 9.05 Å². The number of hydrogen-bond donors (Lipinski definition) is 0. The predicted molar refractivity (Wildman–Crippen MR) is 102 cm³/mol. The van der Waals surface area contributed by atoms with Crippen LogP contribution in [0.15, 0.2) is 12.1 Å². The van der Waals surface area contributed by atoms with Gasteiger partial charge in [-0.3, -0.25) is 4.18 Å². The summed E-state index contributed by atoms with van der Waals surface area (Å²) in [6.07, 6.45) is -1.40. The Morgan fingerprint density at radius 3 is 2.20 bits per heavy atom. The first kappa shape index (κ1) is 24.6. The highest BCUT2D eigenvalue weighted by atomic mass is 35.7. The van der Waals surface area contributed by atoms with Crippen molar-refractivity contribution in [2.24, 2.45) is 5.92 Å². The van der Waals surface area contributed by atoms with Crippen molar-refractivity contribution in [2.45, 2.75) is 19.0 Å². The van der Waals surface area contributed by atoms with E-state index in [0.717, 1.165) is 12.5 Å². The zero-order valence-electron chi connectivity index (χ0n) is 15.9. The molecule has 3 heterocycles. The van der Waals surface area contributed by atoms with Crippen molar-refractivity contribution >= 4 is 41.3 Å². The number of alkyl halides is 3. The summed E-state index contributed by atoms with van der Waals surface area (Å²) in [6, 6.07) is 3.03. The maximum Gasteiger partial charge on any atom is 0.453 e. The van der Waals surface area contributed by atoms with E-state index in [0.29, 0.717) is 36.3 Å². The molecule has 0 aliphatic carbocycles. The second-order valence-corrected chi connectivity index (χ2v) is 11.3. The largest absolute Gasteiger partial charge is 0.453 e. The molecule has 2 aromatic heterocycles. The molecule has 1 aliphatic heterocycles. The number of fused-ring (bicyclic) bond motifs is 1. The van der Waals surface area contributed by atoms with Gasteiger partial charge in [-0.25, -0.2) is 8.42 Å². The second kappa shape index (κ2) is 9.20. The second-order valence-electron chi connectivity index (χ2n) is 6.58. The fourth-order valence-corrected chi connectivity index (χ4v) is 3.11. The monoisotopic (exact) mass is 493 g/mol. The van der Waals surface area contributed by atoms with Crippen molar-refractivity contribution < 1.29 is 34.2 Å². The van der Waals surface area contributed by atoms with Crippen LogP contribution in [0.5, 0.6) is 0 Å². The van der Waals surface area contributed by atoms with E-state index in [1.165, 1.54) is 6.07 Å². The number of hydrogen-bond acceptors (Lipinski definition) is 9. The number of piperidine rings is 1. The summed E-state index contributed by atoms with van der Waals surface area (Å²) in [7, 11) is -2.17. The summed E-state index contributed by atoms with van der Waals surface area (Å²) in [4.78, 5) is 1.84. The first-order chi connectivity index (χ1) is 13.6. The zero-order chi connectivity index (χ0) is 22.7. The van der Waals surface area contributed by atoms with Gasteiger partial charge in [0, 0.05) is 23.8 Å². The van der Waals surface area contributed by atoms with E-state index in [4.69, 9.17) is 4.18 Å². The molecule has 0 amide bonds. The summed E-state index contributed by atoms with van der Waals surface area (Å²) in [5, 5.41) is 10.6. The van der Waals surface area contributed by atoms with Crippen molar-refractivity contribution in [3.05, 3.63) is 18.0 Å². The molecule has 10 nitrogen and oxygen atoms in total. The normalized spacial score (nSPS) is 16.4. The highest BCUT2D eigenvalue weighted by molar-refractivity contribution is 8.13. The molecule has 1 fully saturated rings. The molecule has 1 aliphatic rings. The Hall–Kier alpha value is -1.71. The maximum atomic E-state index is 12.9. The lowest BCUT2D eigenvalue weighted by molar-refractivity contribution is -0.146. The Morgan fingerprint density at radius 2 is 1.70 bits per heavy atom. The summed E-state index contributed by atoms with van der Waals surface area (Å²) < 4.78 is 85.1. The molecule has 0 atom stereocenters. The average Bonchev–Trinajstić information content (AvgIpc) is 3.02. The van der Waals surface area contributed by atoms with Crippen molar-refractivity contribution in [3.63, 3.8) is 0 Å². The van der Waals surface area contributed by atoms with Crippen LogP contribution >= 0.6 is 10.7 Å². The molecule has 0 N–H and O–H groups in total. The van der Waals surface area contributed by atoms with Crippen molar-refractivity contribution in [3.8, 4) is 0 Å². The van der Waals surface area contributed by atoms with Crippen molar-refractivity contribution in [1.29, 1.82) is 0 Å². The SMILES string of the molecule is CS(=O)(=O)Cl.CS(=O)(=O)OCC1CCN(c2ccc3nnc(C(F)(F)F)n3n2)CC1. The topological polar surface area (TPSA) is 124 Å². The molecule has 0 bridgehead atoms. The lowest BCUT2D eigenvalue weighted by Crippen LogP contribution is -2.36. The highest BCUT2D eigenvalue weighted by Crippen LogP contribution is 2.28. The van der Waals surface area contributed by atoms with Gasteiger partial charge in [-0.1, -0.05) is 0 Å². The summed E-state index contributed by atoms with van der Waals surface area (Å²) >= 11 is 0. The Kier molecular flexibility index (Phi) is 7.53. The van der Waals surface area contributed by atoms with Crippen LogP contribution in [0, 0.1) is 5.92 Å². The molecule has 170 valence electrons. The molecule has 0 spiro atoms. The molecule has 0 saturated carbocycles. The fraction of sp³-hybridized carbons (Fsp3) is 0.643. The molecule has 30 heavy (non-hydrogen) atoms. The van der Waals surface area contributed by atoms with Crippen LogP contribution in [0.1, 0.15) is 18.7 Å². The van der Waals surface area contributed by atoms with E-state index in [1.54, 1.807) is 6.07 Å². The van der Waals surface area contributed by atoms with E-state index < -0.39 is 31.2 Å². The van der Waals surface area contributed by atoms with Crippen LogP contribution in [-0.2, 0) is 29.5 Å². The lowest BCUT2D eigenvalue weighted by atomic mass is 9.98. The van der Waals surface area contributed by atoms with Crippen LogP contribution in [0.2, 0.25) is 0 Å². The number of aromatic nitrogens is 4. The number of nitrogens with zero attached hydrogens (tertiary/aromatic N) is 5. The zero-order valence-corrected chi connectivity index (χ0v) is 18.3. The summed E-state index contributed by atoms with van der Waals surface area (Å²) in [6.45, 7) is 1.20. The molecule has 0 aromatic carbocycles. The molecule has 0 radical (unpaired) electrons. The van der Waals surface area contributed by atoms with Gasteiger partial charge in [0.25, 0.3) is 15.9 Å². The van der Waals surface area contributed by atoms with Crippen LogP contribution in [0.25, 0.3) is 5.65 Å². The average molecular weight is 494 g/mol. The molecule has 1 saturated heterocycles. The van der Waals surface area contributed by atoms with Gasteiger partial charge in [0.15, 0.2) is 5.65 Å². The standard InChI is InChI=1S/C13H16F3N5O3S.CH3ClO2S/c1-25(22,23)24-8-9-4-6-20(7-5-9)11-3-2-10-17-18-12(13(14,15)16)21(10)19-11;1-5(2,3)4/h2-3,9H,4-8H2,1H3;1H3. The summed E-state index contributed by atoms with van der Waals surface area (Å²) in [5.41, 5.74) is 0.0208. The van der Waals surface area contributed by atoms with Crippen LogP contribution in [-0.4, -0.2) is 68.9 Å². The quantitative estimate of drug-likeness (QED) is 0.460. The smallest absolute Gasteiger partial charge is 0.355 e. The first-order valence-corrected chi connectivity index (χ1v) is 13.0. The van der Waals surface area contributed by atoms with Crippen LogP contribution in [0.3, 0.4) is 0 Å². The number of anilines is 1. The Balaban J connectivity index is 0.000000575. The minimum Gasteiger partial charge on any atom is -0.355 e. The van der Waals surface area contributed by atoms with E-state index >= 15 is 0 Å². The van der Waals surface area contributed by atoms with Crippen LogP contribution in [0.4, 0.5) is 19.0 Å². The third kappa shape index (κ3) is 7.85. The molecule has 3 rings (SSSR count). The van der Waals surface area contributed by atoms with Crippen molar-refractivity contribution in [1.82, 2.24) is 19.8 Å². The van der Waals surface area contributed by atoms with Gasteiger partial charge in [0.1, 0.15) is 5.82 Å². The van der Waals surface area contributed by atoms with E-state index in [9.17, 15) is 30.0 Å². The molecule has 2 aromatic rings. The number of halogens is 4. The Labute approximate surface area is 175 Å². The van der Waals surface area contributed by atoms with E-state index in [-0.39, 0.29) is 18.2 Å². The van der Waals surface area contributed by atoms with Gasteiger partial charge in [-0.2, -0.15) is 26.1 Å². The molecule has 16 heteroatoms. The minimum atomic E-state index is -4.64.